The summed E-state index contributed by atoms with van der Waals surface area (Å²) in [6.07, 6.45) is 6.35. The van der Waals surface area contributed by atoms with Crippen LogP contribution < -0.4 is 14.8 Å². The molecule has 1 fully saturated rings. The van der Waals surface area contributed by atoms with Crippen LogP contribution in [0.1, 0.15) is 44.6 Å². The van der Waals surface area contributed by atoms with Crippen LogP contribution in [0.4, 0.5) is 0 Å². The van der Waals surface area contributed by atoms with Crippen molar-refractivity contribution in [2.24, 2.45) is 0 Å². The minimum Gasteiger partial charge on any atom is -0.493 e. The molecule has 0 atom stereocenters. The molecule has 0 aliphatic heterocycles. The Balaban J connectivity index is 2.04. The molecule has 4 heteroatoms. The second kappa shape index (κ2) is 7.75. The summed E-state index contributed by atoms with van der Waals surface area (Å²) in [6, 6.07) is 4.65. The molecule has 1 saturated carbocycles. The van der Waals surface area contributed by atoms with E-state index in [1.807, 2.05) is 12.1 Å². The molecule has 1 aromatic rings. The van der Waals surface area contributed by atoms with E-state index in [1.54, 1.807) is 7.11 Å². The van der Waals surface area contributed by atoms with Gasteiger partial charge in [-0.1, -0.05) is 18.5 Å². The lowest BCUT2D eigenvalue weighted by Crippen LogP contribution is -2.87. The third-order valence-corrected chi connectivity index (χ3v) is 4.22. The molecule has 0 heterocycles. The van der Waals surface area contributed by atoms with Gasteiger partial charge in [0.2, 0.25) is 0 Å². The minimum absolute atomic E-state index is 0.681. The fraction of sp³-hybridized carbons (Fsp3) is 0.625. The SMILES string of the molecule is CCCOc1cc(Cl)c(C[NH2+]C2CCCC2)cc1OC. The van der Waals surface area contributed by atoms with Gasteiger partial charge in [-0.05, 0) is 38.2 Å². The van der Waals surface area contributed by atoms with E-state index < -0.39 is 0 Å². The third kappa shape index (κ3) is 4.03. The quantitative estimate of drug-likeness (QED) is 0.839. The van der Waals surface area contributed by atoms with Crippen LogP contribution in [0.3, 0.4) is 0 Å². The Morgan fingerprint density at radius 3 is 2.65 bits per heavy atom. The van der Waals surface area contributed by atoms with Crippen molar-refractivity contribution in [2.45, 2.75) is 51.6 Å². The average molecular weight is 299 g/mol. The fourth-order valence-electron chi connectivity index (χ4n) is 2.70. The van der Waals surface area contributed by atoms with Crippen molar-refractivity contribution in [3.63, 3.8) is 0 Å². The molecule has 0 aromatic heterocycles. The topological polar surface area (TPSA) is 35.1 Å². The molecule has 112 valence electrons. The summed E-state index contributed by atoms with van der Waals surface area (Å²) in [5.41, 5.74) is 1.12. The first kappa shape index (κ1) is 15.5. The summed E-state index contributed by atoms with van der Waals surface area (Å²) in [6.45, 7) is 3.67. The monoisotopic (exact) mass is 298 g/mol. The third-order valence-electron chi connectivity index (χ3n) is 3.87. The van der Waals surface area contributed by atoms with Gasteiger partial charge in [0.15, 0.2) is 11.5 Å². The van der Waals surface area contributed by atoms with Crippen LogP contribution in [0.15, 0.2) is 12.1 Å². The molecule has 0 amide bonds. The number of rotatable bonds is 7. The van der Waals surface area contributed by atoms with Gasteiger partial charge in [-0.2, -0.15) is 0 Å². The molecule has 0 bridgehead atoms. The number of benzene rings is 1. The smallest absolute Gasteiger partial charge is 0.162 e. The number of hydrogen-bond acceptors (Lipinski definition) is 2. The maximum Gasteiger partial charge on any atom is 0.162 e. The Bertz CT molecular complexity index is 431. The summed E-state index contributed by atoms with van der Waals surface area (Å²) in [4.78, 5) is 0. The molecule has 2 rings (SSSR count). The standard InChI is InChI=1S/C16H24ClNO2/c1-3-8-20-16-10-14(17)12(9-15(16)19-2)11-18-13-6-4-5-7-13/h9-10,13,18H,3-8,11H2,1-2H3/p+1. The van der Waals surface area contributed by atoms with Crippen LogP contribution in [0, 0.1) is 0 Å². The Morgan fingerprint density at radius 1 is 1.25 bits per heavy atom. The number of hydrogen-bond donors (Lipinski definition) is 1. The van der Waals surface area contributed by atoms with Crippen LogP contribution in [-0.2, 0) is 6.54 Å². The van der Waals surface area contributed by atoms with Crippen LogP contribution in [0.5, 0.6) is 11.5 Å². The van der Waals surface area contributed by atoms with Crippen molar-refractivity contribution < 1.29 is 14.8 Å². The number of halogens is 1. The Hall–Kier alpha value is -0.930. The zero-order valence-corrected chi connectivity index (χ0v) is 13.2. The first-order chi connectivity index (χ1) is 9.74. The van der Waals surface area contributed by atoms with Gasteiger partial charge in [0, 0.05) is 11.6 Å². The Morgan fingerprint density at radius 2 is 2.00 bits per heavy atom. The van der Waals surface area contributed by atoms with Crippen molar-refractivity contribution in [1.82, 2.24) is 0 Å². The van der Waals surface area contributed by atoms with Crippen LogP contribution >= 0.6 is 11.6 Å². The maximum absolute atomic E-state index is 6.37. The molecule has 2 N–H and O–H groups in total. The summed E-state index contributed by atoms with van der Waals surface area (Å²) in [5.74, 6) is 1.52. The number of nitrogens with two attached hydrogens (primary N) is 1. The van der Waals surface area contributed by atoms with Gasteiger partial charge in [0.25, 0.3) is 0 Å². The second-order valence-corrected chi connectivity index (χ2v) is 5.83. The normalized spacial score (nSPS) is 15.6. The fourth-order valence-corrected chi connectivity index (χ4v) is 2.94. The van der Waals surface area contributed by atoms with E-state index in [0.29, 0.717) is 6.61 Å². The van der Waals surface area contributed by atoms with Crippen LogP contribution in [-0.4, -0.2) is 19.8 Å². The van der Waals surface area contributed by atoms with Gasteiger partial charge in [-0.3, -0.25) is 0 Å². The minimum atomic E-state index is 0.681. The second-order valence-electron chi connectivity index (χ2n) is 5.43. The van der Waals surface area contributed by atoms with E-state index in [4.69, 9.17) is 21.1 Å². The lowest BCUT2D eigenvalue weighted by atomic mass is 10.1. The maximum atomic E-state index is 6.37. The number of quaternary nitrogens is 1. The predicted octanol–water partition coefficient (Wildman–Crippen LogP) is 3.14. The summed E-state index contributed by atoms with van der Waals surface area (Å²) >= 11 is 6.37. The zero-order chi connectivity index (χ0) is 14.4. The molecular formula is C16H25ClNO2+. The van der Waals surface area contributed by atoms with Gasteiger partial charge in [0.05, 0.1) is 24.8 Å². The molecular weight excluding hydrogens is 274 g/mol. The molecule has 1 aromatic carbocycles. The lowest BCUT2D eigenvalue weighted by molar-refractivity contribution is -0.703. The molecule has 0 spiro atoms. The molecule has 3 nitrogen and oxygen atoms in total. The van der Waals surface area contributed by atoms with Crippen molar-refractivity contribution >= 4 is 11.6 Å². The molecule has 1 aliphatic rings. The van der Waals surface area contributed by atoms with Crippen molar-refractivity contribution in [1.29, 1.82) is 0 Å². The molecule has 0 radical (unpaired) electrons. The largest absolute Gasteiger partial charge is 0.493 e. The summed E-state index contributed by atoms with van der Waals surface area (Å²) in [7, 11) is 1.67. The highest BCUT2D eigenvalue weighted by atomic mass is 35.5. The molecule has 0 saturated heterocycles. The van der Waals surface area contributed by atoms with Crippen LogP contribution in [0.2, 0.25) is 5.02 Å². The highest BCUT2D eigenvalue weighted by molar-refractivity contribution is 6.31. The van der Waals surface area contributed by atoms with Crippen molar-refractivity contribution in [2.75, 3.05) is 13.7 Å². The highest BCUT2D eigenvalue weighted by Crippen LogP contribution is 2.33. The summed E-state index contributed by atoms with van der Waals surface area (Å²) < 4.78 is 11.1. The lowest BCUT2D eigenvalue weighted by Gasteiger charge is -2.14. The number of methoxy groups -OCH3 is 1. The van der Waals surface area contributed by atoms with Crippen LogP contribution in [0.25, 0.3) is 0 Å². The zero-order valence-electron chi connectivity index (χ0n) is 12.5. The van der Waals surface area contributed by atoms with E-state index in [-0.39, 0.29) is 0 Å². The van der Waals surface area contributed by atoms with Crippen molar-refractivity contribution in [3.05, 3.63) is 22.7 Å². The van der Waals surface area contributed by atoms with Gasteiger partial charge in [0.1, 0.15) is 6.54 Å². The Kier molecular flexibility index (Phi) is 5.99. The van der Waals surface area contributed by atoms with E-state index in [2.05, 4.69) is 12.2 Å². The first-order valence-electron chi connectivity index (χ1n) is 7.57. The predicted molar refractivity (Wildman–Crippen MR) is 81.7 cm³/mol. The molecule has 0 unspecified atom stereocenters. The van der Waals surface area contributed by atoms with E-state index in [1.165, 1.54) is 25.7 Å². The van der Waals surface area contributed by atoms with E-state index in [9.17, 15) is 0 Å². The average Bonchev–Trinajstić information content (AvgIpc) is 2.97. The van der Waals surface area contributed by atoms with Gasteiger partial charge in [-0.25, -0.2) is 0 Å². The van der Waals surface area contributed by atoms with Gasteiger partial charge >= 0.3 is 0 Å². The summed E-state index contributed by atoms with van der Waals surface area (Å²) in [5, 5.41) is 3.17. The first-order valence-corrected chi connectivity index (χ1v) is 7.95. The molecule has 1 aliphatic carbocycles. The van der Waals surface area contributed by atoms with Gasteiger partial charge in [-0.15, -0.1) is 0 Å². The Labute approximate surface area is 126 Å². The van der Waals surface area contributed by atoms with Crippen molar-refractivity contribution in [3.8, 4) is 11.5 Å². The van der Waals surface area contributed by atoms with E-state index >= 15 is 0 Å². The highest BCUT2D eigenvalue weighted by Gasteiger charge is 2.19. The van der Waals surface area contributed by atoms with Gasteiger partial charge < -0.3 is 14.8 Å². The van der Waals surface area contributed by atoms with E-state index in [0.717, 1.165) is 41.1 Å². The molecule has 20 heavy (non-hydrogen) atoms. The number of ether oxygens (including phenoxy) is 2.